The molecule has 1 N–H and O–H groups in total. The molecule has 2 heterocycles. The summed E-state index contributed by atoms with van der Waals surface area (Å²) in [7, 11) is 0. The Labute approximate surface area is 119 Å². The maximum Gasteiger partial charge on any atom is 0.343 e. The van der Waals surface area contributed by atoms with Gasteiger partial charge in [0.15, 0.2) is 0 Å². The number of imidazole rings is 1. The molecular formula is C15H11N3O3. The van der Waals surface area contributed by atoms with Crippen molar-refractivity contribution in [2.24, 2.45) is 0 Å². The molecule has 0 aliphatic heterocycles. The van der Waals surface area contributed by atoms with E-state index < -0.39 is 11.5 Å². The highest BCUT2D eigenvalue weighted by molar-refractivity contribution is 5.91. The third kappa shape index (κ3) is 1.87. The molecule has 104 valence electrons. The number of benzene rings is 1. The zero-order valence-corrected chi connectivity index (χ0v) is 11.2. The van der Waals surface area contributed by atoms with Crippen molar-refractivity contribution >= 4 is 22.6 Å². The Kier molecular flexibility index (Phi) is 2.95. The Morgan fingerprint density at radius 3 is 2.90 bits per heavy atom. The molecule has 3 aromatic rings. The number of H-pyrrole nitrogens is 1. The summed E-state index contributed by atoms with van der Waals surface area (Å²) in [6.45, 7) is 1.82. The number of fused-ring (bicyclic) bond motifs is 3. The number of ether oxygens (including phenoxy) is 1. The minimum atomic E-state index is -0.723. The van der Waals surface area contributed by atoms with Gasteiger partial charge < -0.3 is 9.72 Å². The van der Waals surface area contributed by atoms with Gasteiger partial charge >= 0.3 is 5.97 Å². The SMILES string of the molecule is CCOC(=O)c1cc(C#N)c2[nH]c3ccccc3n2c1=O. The van der Waals surface area contributed by atoms with Crippen molar-refractivity contribution in [2.45, 2.75) is 6.92 Å². The van der Waals surface area contributed by atoms with Crippen LogP contribution in [-0.2, 0) is 4.74 Å². The van der Waals surface area contributed by atoms with Gasteiger partial charge in [0.2, 0.25) is 0 Å². The molecule has 6 nitrogen and oxygen atoms in total. The lowest BCUT2D eigenvalue weighted by Crippen LogP contribution is -2.23. The van der Waals surface area contributed by atoms with Crippen LogP contribution in [0.25, 0.3) is 16.7 Å². The fourth-order valence-electron chi connectivity index (χ4n) is 2.31. The molecule has 21 heavy (non-hydrogen) atoms. The molecule has 0 bridgehead atoms. The van der Waals surface area contributed by atoms with Crippen molar-refractivity contribution in [2.75, 3.05) is 6.61 Å². The Bertz CT molecular complexity index is 960. The van der Waals surface area contributed by atoms with Crippen LogP contribution in [0.2, 0.25) is 0 Å². The van der Waals surface area contributed by atoms with E-state index in [4.69, 9.17) is 4.74 Å². The van der Waals surface area contributed by atoms with Crippen LogP contribution >= 0.6 is 0 Å². The van der Waals surface area contributed by atoms with E-state index in [1.165, 1.54) is 10.5 Å². The smallest absolute Gasteiger partial charge is 0.343 e. The molecule has 2 aromatic heterocycles. The summed E-state index contributed by atoms with van der Waals surface area (Å²) in [4.78, 5) is 27.4. The summed E-state index contributed by atoms with van der Waals surface area (Å²) in [6, 6.07) is 10.4. The number of nitriles is 1. The molecule has 3 rings (SSSR count). The Hall–Kier alpha value is -3.07. The van der Waals surface area contributed by atoms with Gasteiger partial charge in [0.1, 0.15) is 17.3 Å². The zero-order chi connectivity index (χ0) is 15.0. The molecule has 0 fully saturated rings. The lowest BCUT2D eigenvalue weighted by molar-refractivity contribution is 0.0524. The van der Waals surface area contributed by atoms with Crippen LogP contribution in [0.5, 0.6) is 0 Å². The summed E-state index contributed by atoms with van der Waals surface area (Å²) in [5, 5.41) is 9.25. The number of carbonyl (C=O) groups excluding carboxylic acids is 1. The van der Waals surface area contributed by atoms with Crippen LogP contribution in [0.3, 0.4) is 0 Å². The van der Waals surface area contributed by atoms with Crippen molar-refractivity contribution in [1.29, 1.82) is 5.26 Å². The predicted molar refractivity (Wildman–Crippen MR) is 76.2 cm³/mol. The Morgan fingerprint density at radius 2 is 2.19 bits per heavy atom. The van der Waals surface area contributed by atoms with Crippen LogP contribution in [0.1, 0.15) is 22.8 Å². The molecule has 0 aliphatic carbocycles. The van der Waals surface area contributed by atoms with Gasteiger partial charge in [-0.25, -0.2) is 4.79 Å². The number of hydrogen-bond donors (Lipinski definition) is 1. The summed E-state index contributed by atoms with van der Waals surface area (Å²) >= 11 is 0. The third-order valence-electron chi connectivity index (χ3n) is 3.21. The normalized spacial score (nSPS) is 10.7. The number of carbonyl (C=O) groups is 1. The van der Waals surface area contributed by atoms with Gasteiger partial charge in [0.25, 0.3) is 5.56 Å². The lowest BCUT2D eigenvalue weighted by atomic mass is 10.2. The van der Waals surface area contributed by atoms with E-state index in [9.17, 15) is 14.9 Å². The van der Waals surface area contributed by atoms with Gasteiger partial charge in [-0.3, -0.25) is 9.20 Å². The first-order valence-electron chi connectivity index (χ1n) is 6.41. The summed E-state index contributed by atoms with van der Waals surface area (Å²) in [5.41, 5.74) is 1.27. The Balaban J connectivity index is 2.46. The minimum absolute atomic E-state index is 0.143. The summed E-state index contributed by atoms with van der Waals surface area (Å²) in [6.07, 6.45) is 0. The number of hydrogen-bond acceptors (Lipinski definition) is 4. The second-order valence-corrected chi connectivity index (χ2v) is 4.44. The first kappa shape index (κ1) is 12.9. The molecule has 0 spiro atoms. The molecule has 0 saturated heterocycles. The van der Waals surface area contributed by atoms with Crippen molar-refractivity contribution in [3.05, 3.63) is 51.8 Å². The summed E-state index contributed by atoms with van der Waals surface area (Å²) < 4.78 is 6.21. The van der Waals surface area contributed by atoms with E-state index in [-0.39, 0.29) is 17.7 Å². The average molecular weight is 281 g/mol. The van der Waals surface area contributed by atoms with E-state index in [1.807, 2.05) is 12.1 Å². The van der Waals surface area contributed by atoms with Crippen molar-refractivity contribution in [3.8, 4) is 6.07 Å². The zero-order valence-electron chi connectivity index (χ0n) is 11.2. The highest BCUT2D eigenvalue weighted by atomic mass is 16.5. The van der Waals surface area contributed by atoms with Gasteiger partial charge in [0.05, 0.1) is 23.2 Å². The van der Waals surface area contributed by atoms with Gasteiger partial charge in [-0.05, 0) is 25.1 Å². The van der Waals surface area contributed by atoms with Crippen molar-refractivity contribution in [3.63, 3.8) is 0 Å². The quantitative estimate of drug-likeness (QED) is 0.726. The first-order valence-corrected chi connectivity index (χ1v) is 6.41. The van der Waals surface area contributed by atoms with Gasteiger partial charge in [-0.2, -0.15) is 5.26 Å². The Morgan fingerprint density at radius 1 is 1.43 bits per heavy atom. The number of nitrogens with one attached hydrogen (secondary N) is 1. The van der Waals surface area contributed by atoms with Crippen LogP contribution in [-0.4, -0.2) is 22.0 Å². The van der Waals surface area contributed by atoms with Crippen molar-refractivity contribution in [1.82, 2.24) is 9.38 Å². The van der Waals surface area contributed by atoms with Crippen molar-refractivity contribution < 1.29 is 9.53 Å². The largest absolute Gasteiger partial charge is 0.462 e. The molecule has 0 radical (unpaired) electrons. The number of aromatic nitrogens is 2. The number of pyridine rings is 1. The van der Waals surface area contributed by atoms with Crippen LogP contribution in [0, 0.1) is 11.3 Å². The third-order valence-corrected chi connectivity index (χ3v) is 3.21. The predicted octanol–water partition coefficient (Wildman–Crippen LogP) is 1.83. The standard InChI is InChI=1S/C15H11N3O3/c1-2-21-15(20)10-7-9(8-16)13-17-11-5-3-4-6-12(11)18(13)14(10)19/h3-7,17H,2H2,1H3. The van der Waals surface area contributed by atoms with Crippen LogP contribution in [0.4, 0.5) is 0 Å². The molecule has 0 aliphatic rings. The number of esters is 1. The fraction of sp³-hybridized carbons (Fsp3) is 0.133. The van der Waals surface area contributed by atoms with Gasteiger partial charge in [0, 0.05) is 0 Å². The van der Waals surface area contributed by atoms with Gasteiger partial charge in [-0.1, -0.05) is 12.1 Å². The first-order chi connectivity index (χ1) is 10.2. The number of rotatable bonds is 2. The van der Waals surface area contributed by atoms with E-state index in [0.29, 0.717) is 16.7 Å². The maximum atomic E-state index is 12.5. The van der Waals surface area contributed by atoms with E-state index >= 15 is 0 Å². The van der Waals surface area contributed by atoms with Crippen LogP contribution < -0.4 is 5.56 Å². The number of nitrogens with zero attached hydrogens (tertiary/aromatic N) is 2. The second-order valence-electron chi connectivity index (χ2n) is 4.44. The second kappa shape index (κ2) is 4.80. The summed E-state index contributed by atoms with van der Waals surface area (Å²) in [5.74, 6) is -0.723. The van der Waals surface area contributed by atoms with Gasteiger partial charge in [-0.15, -0.1) is 0 Å². The molecule has 6 heteroatoms. The molecular weight excluding hydrogens is 270 g/mol. The lowest BCUT2D eigenvalue weighted by Gasteiger charge is -2.03. The highest BCUT2D eigenvalue weighted by Crippen LogP contribution is 2.18. The van der Waals surface area contributed by atoms with Crippen LogP contribution in [0.15, 0.2) is 35.1 Å². The highest BCUT2D eigenvalue weighted by Gasteiger charge is 2.19. The molecule has 1 aromatic carbocycles. The number of aromatic amines is 1. The van der Waals surface area contributed by atoms with E-state index in [1.54, 1.807) is 25.1 Å². The van der Waals surface area contributed by atoms with E-state index in [2.05, 4.69) is 4.98 Å². The topological polar surface area (TPSA) is 87.4 Å². The molecule has 0 atom stereocenters. The fourth-order valence-corrected chi connectivity index (χ4v) is 2.31. The number of para-hydroxylation sites is 2. The molecule has 0 amide bonds. The minimum Gasteiger partial charge on any atom is -0.462 e. The monoisotopic (exact) mass is 281 g/mol. The molecule has 0 saturated carbocycles. The average Bonchev–Trinajstić information content (AvgIpc) is 2.88. The molecule has 0 unspecified atom stereocenters. The maximum absolute atomic E-state index is 12.5. The van der Waals surface area contributed by atoms with E-state index in [0.717, 1.165) is 0 Å².